The lowest BCUT2D eigenvalue weighted by atomic mass is 10.1. The van der Waals surface area contributed by atoms with Crippen LogP contribution in [0.4, 0.5) is 14.5 Å². The van der Waals surface area contributed by atoms with Crippen molar-refractivity contribution in [2.45, 2.75) is 32.7 Å². The van der Waals surface area contributed by atoms with Gasteiger partial charge in [0, 0.05) is 29.9 Å². The highest BCUT2D eigenvalue weighted by molar-refractivity contribution is 5.54. The molecule has 1 atom stereocenters. The van der Waals surface area contributed by atoms with Crippen molar-refractivity contribution < 1.29 is 19.0 Å². The lowest BCUT2D eigenvalue weighted by Crippen LogP contribution is -2.31. The lowest BCUT2D eigenvalue weighted by molar-refractivity contribution is 0.153. The van der Waals surface area contributed by atoms with Gasteiger partial charge in [0.2, 0.25) is 0 Å². The Morgan fingerprint density at radius 1 is 1.33 bits per heavy atom. The Morgan fingerprint density at radius 3 is 2.57 bits per heavy atom. The molecular formula is C15H24F2N2O2. The number of phenolic OH excluding ortho intramolecular Hbond substituents is 1. The van der Waals surface area contributed by atoms with Gasteiger partial charge < -0.3 is 20.4 Å². The normalized spacial score (nSPS) is 12.7. The van der Waals surface area contributed by atoms with Gasteiger partial charge in [-0.15, -0.1) is 0 Å². The quantitative estimate of drug-likeness (QED) is 0.656. The molecule has 0 aromatic heterocycles. The summed E-state index contributed by atoms with van der Waals surface area (Å²) < 4.78 is 25.1. The first-order valence-corrected chi connectivity index (χ1v) is 7.19. The zero-order chi connectivity index (χ0) is 15.8. The van der Waals surface area contributed by atoms with Crippen molar-refractivity contribution in [1.82, 2.24) is 5.32 Å². The third kappa shape index (κ3) is 5.47. The SMILES string of the molecule is CCCNC(C)c1ccc(N(CCO)CC(F)F)cc1O. The molecular weight excluding hydrogens is 278 g/mol. The second-order valence-corrected chi connectivity index (χ2v) is 4.98. The number of phenols is 1. The number of anilines is 1. The molecule has 0 saturated carbocycles. The minimum atomic E-state index is -2.50. The number of nitrogens with one attached hydrogen (secondary N) is 1. The molecule has 0 fully saturated rings. The van der Waals surface area contributed by atoms with Gasteiger partial charge in [-0.3, -0.25) is 0 Å². The van der Waals surface area contributed by atoms with Crippen molar-refractivity contribution >= 4 is 5.69 Å². The molecule has 1 rings (SSSR count). The summed E-state index contributed by atoms with van der Waals surface area (Å²) in [6.07, 6.45) is -1.51. The molecule has 21 heavy (non-hydrogen) atoms. The predicted molar refractivity (Wildman–Crippen MR) is 80.1 cm³/mol. The molecule has 0 aliphatic heterocycles. The fraction of sp³-hybridized carbons (Fsp3) is 0.600. The third-order valence-electron chi connectivity index (χ3n) is 3.27. The summed E-state index contributed by atoms with van der Waals surface area (Å²) in [7, 11) is 0. The summed E-state index contributed by atoms with van der Waals surface area (Å²) in [6.45, 7) is 4.25. The number of aliphatic hydroxyl groups excluding tert-OH is 1. The zero-order valence-corrected chi connectivity index (χ0v) is 12.5. The van der Waals surface area contributed by atoms with Crippen LogP contribution in [0.5, 0.6) is 5.75 Å². The monoisotopic (exact) mass is 302 g/mol. The van der Waals surface area contributed by atoms with Gasteiger partial charge in [-0.1, -0.05) is 13.0 Å². The van der Waals surface area contributed by atoms with E-state index >= 15 is 0 Å². The molecule has 4 nitrogen and oxygen atoms in total. The first-order valence-electron chi connectivity index (χ1n) is 7.19. The van der Waals surface area contributed by atoms with Gasteiger partial charge in [-0.05, 0) is 26.0 Å². The topological polar surface area (TPSA) is 55.7 Å². The fourth-order valence-electron chi connectivity index (χ4n) is 2.18. The van der Waals surface area contributed by atoms with Gasteiger partial charge in [0.05, 0.1) is 13.2 Å². The highest BCUT2D eigenvalue weighted by Crippen LogP contribution is 2.29. The first kappa shape index (κ1) is 17.7. The molecule has 3 N–H and O–H groups in total. The van der Waals surface area contributed by atoms with Gasteiger partial charge in [-0.25, -0.2) is 8.78 Å². The third-order valence-corrected chi connectivity index (χ3v) is 3.27. The van der Waals surface area contributed by atoms with E-state index in [1.807, 2.05) is 6.92 Å². The maximum Gasteiger partial charge on any atom is 0.255 e. The van der Waals surface area contributed by atoms with E-state index in [4.69, 9.17) is 5.11 Å². The maximum absolute atomic E-state index is 12.5. The van der Waals surface area contributed by atoms with Crippen molar-refractivity contribution in [3.63, 3.8) is 0 Å². The average Bonchev–Trinajstić information content (AvgIpc) is 2.43. The highest BCUT2D eigenvalue weighted by Gasteiger charge is 2.15. The lowest BCUT2D eigenvalue weighted by Gasteiger charge is -2.25. The molecule has 1 aromatic rings. The van der Waals surface area contributed by atoms with Crippen molar-refractivity contribution in [1.29, 1.82) is 0 Å². The number of aliphatic hydroxyl groups is 1. The average molecular weight is 302 g/mol. The van der Waals surface area contributed by atoms with Gasteiger partial charge in [-0.2, -0.15) is 0 Å². The van der Waals surface area contributed by atoms with Gasteiger partial charge in [0.15, 0.2) is 0 Å². The van der Waals surface area contributed by atoms with Crippen LogP contribution in [0.1, 0.15) is 31.9 Å². The van der Waals surface area contributed by atoms with E-state index in [9.17, 15) is 13.9 Å². The van der Waals surface area contributed by atoms with E-state index in [0.29, 0.717) is 5.69 Å². The number of hydrogen-bond acceptors (Lipinski definition) is 4. The summed E-state index contributed by atoms with van der Waals surface area (Å²) >= 11 is 0. The van der Waals surface area contributed by atoms with Crippen LogP contribution in [0.15, 0.2) is 18.2 Å². The maximum atomic E-state index is 12.5. The van der Waals surface area contributed by atoms with Crippen LogP contribution in [0.2, 0.25) is 0 Å². The van der Waals surface area contributed by atoms with E-state index in [1.54, 1.807) is 12.1 Å². The minimum absolute atomic E-state index is 0.0135. The summed E-state index contributed by atoms with van der Waals surface area (Å²) in [5.74, 6) is 0.0702. The molecule has 0 aliphatic rings. The molecule has 0 spiro atoms. The number of halogens is 2. The number of hydrogen-bond donors (Lipinski definition) is 3. The second kappa shape index (κ2) is 8.79. The Kier molecular flexibility index (Phi) is 7.39. The van der Waals surface area contributed by atoms with E-state index < -0.39 is 13.0 Å². The van der Waals surface area contributed by atoms with Crippen molar-refractivity contribution in [3.05, 3.63) is 23.8 Å². The molecule has 120 valence electrons. The van der Waals surface area contributed by atoms with E-state index in [0.717, 1.165) is 18.5 Å². The number of nitrogens with zero attached hydrogens (tertiary/aromatic N) is 1. The second-order valence-electron chi connectivity index (χ2n) is 4.98. The van der Waals surface area contributed by atoms with Crippen LogP contribution < -0.4 is 10.2 Å². The number of aromatic hydroxyl groups is 1. The van der Waals surface area contributed by atoms with E-state index in [1.165, 1.54) is 11.0 Å². The molecule has 0 aliphatic carbocycles. The summed E-state index contributed by atoms with van der Waals surface area (Å²) in [4.78, 5) is 1.36. The van der Waals surface area contributed by atoms with Crippen molar-refractivity contribution in [3.8, 4) is 5.75 Å². The molecule has 1 unspecified atom stereocenters. The Morgan fingerprint density at radius 2 is 2.05 bits per heavy atom. The number of rotatable bonds is 9. The Hall–Kier alpha value is -1.40. The standard InChI is InChI=1S/C15H24F2N2O2/c1-3-6-18-11(2)13-5-4-12(9-14(13)21)19(7-8-20)10-15(16)17/h4-5,9,11,15,18,20-21H,3,6-8,10H2,1-2H3. The van der Waals surface area contributed by atoms with E-state index in [-0.39, 0.29) is 24.9 Å². The number of benzene rings is 1. The Bertz CT molecular complexity index is 430. The molecule has 0 bridgehead atoms. The zero-order valence-electron chi connectivity index (χ0n) is 12.5. The van der Waals surface area contributed by atoms with Crippen LogP contribution in [0.25, 0.3) is 0 Å². The molecule has 0 saturated heterocycles. The summed E-state index contributed by atoms with van der Waals surface area (Å²) in [5, 5.41) is 22.3. The van der Waals surface area contributed by atoms with E-state index in [2.05, 4.69) is 12.2 Å². The van der Waals surface area contributed by atoms with Gasteiger partial charge in [0.25, 0.3) is 6.43 Å². The smallest absolute Gasteiger partial charge is 0.255 e. The van der Waals surface area contributed by atoms with Crippen LogP contribution in [-0.2, 0) is 0 Å². The summed E-state index contributed by atoms with van der Waals surface area (Å²) in [6, 6.07) is 4.88. The Labute approximate surface area is 124 Å². The van der Waals surface area contributed by atoms with Crippen molar-refractivity contribution in [2.24, 2.45) is 0 Å². The van der Waals surface area contributed by atoms with Crippen LogP contribution in [-0.4, -0.2) is 42.9 Å². The fourth-order valence-corrected chi connectivity index (χ4v) is 2.18. The Balaban J connectivity index is 2.88. The van der Waals surface area contributed by atoms with Crippen LogP contribution in [0, 0.1) is 0 Å². The molecule has 0 heterocycles. The van der Waals surface area contributed by atoms with Crippen LogP contribution in [0.3, 0.4) is 0 Å². The highest BCUT2D eigenvalue weighted by atomic mass is 19.3. The van der Waals surface area contributed by atoms with Gasteiger partial charge in [0.1, 0.15) is 5.75 Å². The predicted octanol–water partition coefficient (Wildman–Crippen LogP) is 2.52. The molecule has 1 aromatic carbocycles. The molecule has 6 heteroatoms. The van der Waals surface area contributed by atoms with Gasteiger partial charge >= 0.3 is 0 Å². The summed E-state index contributed by atoms with van der Waals surface area (Å²) in [5.41, 5.74) is 1.21. The first-order chi connectivity index (χ1) is 9.99. The largest absolute Gasteiger partial charge is 0.508 e. The molecule has 0 amide bonds. The van der Waals surface area contributed by atoms with Crippen LogP contribution >= 0.6 is 0 Å². The number of alkyl halides is 2. The molecule has 0 radical (unpaired) electrons. The minimum Gasteiger partial charge on any atom is -0.508 e. The van der Waals surface area contributed by atoms with Crippen molar-refractivity contribution in [2.75, 3.05) is 31.1 Å².